The number of nitrogens with one attached hydrogen (secondary N) is 1. The third-order valence-electron chi connectivity index (χ3n) is 3.01. The summed E-state index contributed by atoms with van der Waals surface area (Å²) in [7, 11) is 0. The summed E-state index contributed by atoms with van der Waals surface area (Å²) in [5.74, 6) is -0.371. The third-order valence-corrected chi connectivity index (χ3v) is 3.84. The Bertz CT molecular complexity index is 791. The molecule has 1 aromatic carbocycles. The van der Waals surface area contributed by atoms with E-state index in [-0.39, 0.29) is 16.9 Å². The number of rotatable bonds is 3. The number of ketones is 1. The molecule has 5 heteroatoms. The number of aromatic amines is 1. The summed E-state index contributed by atoms with van der Waals surface area (Å²) in [6, 6.07) is 6.90. The molecule has 0 atom stereocenters. The van der Waals surface area contributed by atoms with E-state index < -0.39 is 0 Å². The molecule has 1 heterocycles. The molecule has 0 radical (unpaired) electrons. The highest BCUT2D eigenvalue weighted by molar-refractivity contribution is 6.42. The largest absolute Gasteiger partial charge is 0.326 e. The summed E-state index contributed by atoms with van der Waals surface area (Å²) in [4.78, 5) is 26.7. The van der Waals surface area contributed by atoms with Crippen molar-refractivity contribution in [2.45, 2.75) is 13.8 Å². The number of benzene rings is 1. The summed E-state index contributed by atoms with van der Waals surface area (Å²) in [5.41, 5.74) is 1.73. The molecule has 1 aromatic heterocycles. The van der Waals surface area contributed by atoms with E-state index in [4.69, 9.17) is 23.2 Å². The lowest BCUT2D eigenvalue weighted by atomic mass is 10.1. The zero-order valence-corrected chi connectivity index (χ0v) is 13.0. The van der Waals surface area contributed by atoms with E-state index in [1.165, 1.54) is 6.08 Å². The van der Waals surface area contributed by atoms with Crippen molar-refractivity contribution in [3.63, 3.8) is 0 Å². The van der Waals surface area contributed by atoms with Crippen molar-refractivity contribution < 1.29 is 4.79 Å². The molecule has 0 saturated carbocycles. The van der Waals surface area contributed by atoms with Crippen LogP contribution in [0.25, 0.3) is 6.08 Å². The van der Waals surface area contributed by atoms with E-state index >= 15 is 0 Å². The van der Waals surface area contributed by atoms with Crippen LogP contribution in [-0.4, -0.2) is 10.8 Å². The molecule has 0 saturated heterocycles. The van der Waals surface area contributed by atoms with Crippen molar-refractivity contribution in [2.75, 3.05) is 0 Å². The third kappa shape index (κ3) is 3.43. The van der Waals surface area contributed by atoms with Crippen LogP contribution in [0.1, 0.15) is 27.2 Å². The highest BCUT2D eigenvalue weighted by atomic mass is 35.5. The number of carbonyl (C=O) groups is 1. The van der Waals surface area contributed by atoms with Gasteiger partial charge in [-0.25, -0.2) is 0 Å². The maximum Gasteiger partial charge on any atom is 0.259 e. The smallest absolute Gasteiger partial charge is 0.259 e. The first kappa shape index (κ1) is 15.5. The van der Waals surface area contributed by atoms with Gasteiger partial charge in [-0.2, -0.15) is 0 Å². The van der Waals surface area contributed by atoms with Gasteiger partial charge in [-0.1, -0.05) is 35.3 Å². The summed E-state index contributed by atoms with van der Waals surface area (Å²) >= 11 is 12.0. The molecule has 1 N–H and O–H groups in total. The minimum absolute atomic E-state index is 0.134. The Morgan fingerprint density at radius 3 is 2.62 bits per heavy atom. The highest BCUT2D eigenvalue weighted by Gasteiger charge is 2.12. The van der Waals surface area contributed by atoms with E-state index in [1.807, 2.05) is 0 Å². The number of hydrogen-bond acceptors (Lipinski definition) is 2. The number of aromatic nitrogens is 1. The molecule has 0 unspecified atom stereocenters. The normalized spacial score (nSPS) is 11.0. The van der Waals surface area contributed by atoms with Gasteiger partial charge >= 0.3 is 0 Å². The van der Waals surface area contributed by atoms with Crippen molar-refractivity contribution in [3.05, 3.63) is 73.1 Å². The van der Waals surface area contributed by atoms with E-state index in [0.717, 1.165) is 5.69 Å². The molecule has 0 aliphatic heterocycles. The quantitative estimate of drug-likeness (QED) is 0.680. The van der Waals surface area contributed by atoms with E-state index in [1.54, 1.807) is 44.2 Å². The predicted molar refractivity (Wildman–Crippen MR) is 86.4 cm³/mol. The second-order valence-electron chi connectivity index (χ2n) is 4.68. The summed E-state index contributed by atoms with van der Waals surface area (Å²) in [6.45, 7) is 3.50. The Kier molecular flexibility index (Phi) is 4.66. The average molecular weight is 322 g/mol. The van der Waals surface area contributed by atoms with Crippen LogP contribution in [0.15, 0.2) is 35.1 Å². The Hall–Kier alpha value is -1.84. The number of carbonyl (C=O) groups excluding carboxylic acids is 1. The topological polar surface area (TPSA) is 49.9 Å². The molecule has 0 fully saturated rings. The van der Waals surface area contributed by atoms with Crippen molar-refractivity contribution in [1.82, 2.24) is 4.98 Å². The molecule has 0 spiro atoms. The molecule has 0 aliphatic rings. The van der Waals surface area contributed by atoms with Gasteiger partial charge in [0.2, 0.25) is 0 Å². The van der Waals surface area contributed by atoms with Crippen LogP contribution in [-0.2, 0) is 0 Å². The number of hydrogen-bond donors (Lipinski definition) is 1. The van der Waals surface area contributed by atoms with Crippen LogP contribution in [0, 0.1) is 13.8 Å². The maximum atomic E-state index is 12.2. The lowest BCUT2D eigenvalue weighted by molar-refractivity contribution is 0.104. The number of allylic oxidation sites excluding steroid dienone is 1. The minimum Gasteiger partial charge on any atom is -0.326 e. The van der Waals surface area contributed by atoms with Gasteiger partial charge in [0.05, 0.1) is 15.6 Å². The Labute approximate surface area is 132 Å². The van der Waals surface area contributed by atoms with E-state index in [0.29, 0.717) is 21.2 Å². The van der Waals surface area contributed by atoms with E-state index in [9.17, 15) is 9.59 Å². The number of halogens is 2. The van der Waals surface area contributed by atoms with Crippen LogP contribution < -0.4 is 5.56 Å². The molecule has 108 valence electrons. The second kappa shape index (κ2) is 6.29. The Morgan fingerprint density at radius 1 is 1.24 bits per heavy atom. The molecule has 0 aliphatic carbocycles. The second-order valence-corrected chi connectivity index (χ2v) is 5.47. The SMILES string of the molecule is Cc1cc(C)c(C(=O)/C=C/c2cccc(Cl)c2Cl)c(=O)[nH]1. The molecule has 2 rings (SSSR count). The van der Waals surface area contributed by atoms with Gasteiger partial charge in [0, 0.05) is 5.69 Å². The van der Waals surface area contributed by atoms with Gasteiger partial charge in [-0.3, -0.25) is 9.59 Å². The van der Waals surface area contributed by atoms with Crippen LogP contribution in [0.4, 0.5) is 0 Å². The zero-order valence-electron chi connectivity index (χ0n) is 11.5. The van der Waals surface area contributed by atoms with Gasteiger partial charge in [0.25, 0.3) is 5.56 Å². The van der Waals surface area contributed by atoms with Crippen LogP contribution in [0.3, 0.4) is 0 Å². The average Bonchev–Trinajstić information content (AvgIpc) is 2.39. The zero-order chi connectivity index (χ0) is 15.6. The van der Waals surface area contributed by atoms with Gasteiger partial charge in [-0.15, -0.1) is 0 Å². The van der Waals surface area contributed by atoms with Gasteiger partial charge < -0.3 is 4.98 Å². The minimum atomic E-state index is -0.389. The van der Waals surface area contributed by atoms with Crippen molar-refractivity contribution in [2.24, 2.45) is 0 Å². The monoisotopic (exact) mass is 321 g/mol. The van der Waals surface area contributed by atoms with Crippen molar-refractivity contribution >= 4 is 35.1 Å². The summed E-state index contributed by atoms with van der Waals surface area (Å²) in [6.07, 6.45) is 2.87. The van der Waals surface area contributed by atoms with Crippen LogP contribution in [0.2, 0.25) is 10.0 Å². The van der Waals surface area contributed by atoms with Crippen molar-refractivity contribution in [3.8, 4) is 0 Å². The molecule has 3 nitrogen and oxygen atoms in total. The Balaban J connectivity index is 2.37. The maximum absolute atomic E-state index is 12.2. The highest BCUT2D eigenvalue weighted by Crippen LogP contribution is 2.26. The molecule has 21 heavy (non-hydrogen) atoms. The molecular weight excluding hydrogens is 309 g/mol. The number of H-pyrrole nitrogens is 1. The summed E-state index contributed by atoms with van der Waals surface area (Å²) < 4.78 is 0. The fourth-order valence-electron chi connectivity index (χ4n) is 2.06. The predicted octanol–water partition coefficient (Wildman–Crippen LogP) is 4.19. The first-order valence-electron chi connectivity index (χ1n) is 6.27. The number of aryl methyl sites for hydroxylation is 2. The van der Waals surface area contributed by atoms with Crippen molar-refractivity contribution in [1.29, 1.82) is 0 Å². The summed E-state index contributed by atoms with van der Waals surface area (Å²) in [5, 5.41) is 0.786. The standard InChI is InChI=1S/C16H13Cl2NO2/c1-9-8-10(2)19-16(21)14(9)13(20)7-6-11-4-3-5-12(17)15(11)18/h3-8H,1-2H3,(H,19,21)/b7-6+. The van der Waals surface area contributed by atoms with Crippen LogP contribution in [0.5, 0.6) is 0 Å². The van der Waals surface area contributed by atoms with Gasteiger partial charge in [0.1, 0.15) is 0 Å². The lowest BCUT2D eigenvalue weighted by Crippen LogP contribution is -2.19. The lowest BCUT2D eigenvalue weighted by Gasteiger charge is -2.03. The van der Waals surface area contributed by atoms with E-state index in [2.05, 4.69) is 4.98 Å². The first-order chi connectivity index (χ1) is 9.90. The molecule has 0 bridgehead atoms. The van der Waals surface area contributed by atoms with Gasteiger partial charge in [-0.05, 0) is 49.3 Å². The fraction of sp³-hybridized carbons (Fsp3) is 0.125. The Morgan fingerprint density at radius 2 is 1.95 bits per heavy atom. The molecule has 2 aromatic rings. The van der Waals surface area contributed by atoms with Gasteiger partial charge in [0.15, 0.2) is 5.78 Å². The molecular formula is C16H13Cl2NO2. The fourth-order valence-corrected chi connectivity index (χ4v) is 2.43. The first-order valence-corrected chi connectivity index (χ1v) is 7.02. The number of pyridine rings is 1. The van der Waals surface area contributed by atoms with Crippen LogP contribution >= 0.6 is 23.2 Å². The molecule has 0 amide bonds.